The van der Waals surface area contributed by atoms with E-state index in [1.165, 1.54) is 0 Å². The zero-order valence-corrected chi connectivity index (χ0v) is 8.87. The Hall–Kier alpha value is -0.580. The number of nitrogens with two attached hydrogens (primary N) is 1. The van der Waals surface area contributed by atoms with Gasteiger partial charge < -0.3 is 15.0 Å². The second-order valence-corrected chi connectivity index (χ2v) is 3.96. The van der Waals surface area contributed by atoms with Gasteiger partial charge in [-0.3, -0.25) is 0 Å². The van der Waals surface area contributed by atoms with Crippen molar-refractivity contribution in [3.05, 3.63) is 17.2 Å². The molecule has 0 amide bonds. The first-order valence-corrected chi connectivity index (χ1v) is 5.10. The van der Waals surface area contributed by atoms with Gasteiger partial charge in [-0.1, -0.05) is 11.6 Å². The fraction of sp³-hybridized carbons (Fsp3) is 0.667. The first kappa shape index (κ1) is 9.96. The van der Waals surface area contributed by atoms with Crippen molar-refractivity contribution in [3.8, 4) is 0 Å². The summed E-state index contributed by atoms with van der Waals surface area (Å²) in [7, 11) is 1.89. The van der Waals surface area contributed by atoms with E-state index < -0.39 is 0 Å². The molecule has 78 valence electrons. The molecule has 4 nitrogen and oxygen atoms in total. The maximum atomic E-state index is 5.91. The lowest BCUT2D eigenvalue weighted by molar-refractivity contribution is 0.0831. The molecule has 2 rings (SSSR count). The predicted octanol–water partition coefficient (Wildman–Crippen LogP) is 1.11. The largest absolute Gasteiger partial charge is 0.370 e. The van der Waals surface area contributed by atoms with Gasteiger partial charge in [0.15, 0.2) is 0 Å². The molecule has 2 atom stereocenters. The van der Waals surface area contributed by atoms with Crippen LogP contribution in [0.3, 0.4) is 0 Å². The SMILES string of the molecule is Cn1c(Cl)cnc1C1OCCC1CN. The fourth-order valence-corrected chi connectivity index (χ4v) is 1.96. The molecule has 0 aliphatic carbocycles. The molecule has 1 aromatic heterocycles. The van der Waals surface area contributed by atoms with Gasteiger partial charge in [-0.05, 0) is 13.0 Å². The maximum Gasteiger partial charge on any atom is 0.139 e. The summed E-state index contributed by atoms with van der Waals surface area (Å²) in [6.45, 7) is 1.39. The van der Waals surface area contributed by atoms with Crippen molar-refractivity contribution >= 4 is 11.6 Å². The molecule has 1 saturated heterocycles. The number of ether oxygens (including phenoxy) is 1. The third-order valence-corrected chi connectivity index (χ3v) is 3.09. The third-order valence-electron chi connectivity index (χ3n) is 2.74. The van der Waals surface area contributed by atoms with Crippen LogP contribution in [0.4, 0.5) is 0 Å². The molecule has 5 heteroatoms. The first-order chi connectivity index (χ1) is 6.74. The molecule has 0 radical (unpaired) electrons. The minimum atomic E-state index is 0.0116. The summed E-state index contributed by atoms with van der Waals surface area (Å²) in [5.74, 6) is 1.25. The summed E-state index contributed by atoms with van der Waals surface area (Å²) < 4.78 is 7.46. The van der Waals surface area contributed by atoms with Gasteiger partial charge in [-0.15, -0.1) is 0 Å². The van der Waals surface area contributed by atoms with Gasteiger partial charge in [0.2, 0.25) is 0 Å². The van der Waals surface area contributed by atoms with Crippen molar-refractivity contribution in [2.45, 2.75) is 12.5 Å². The molecule has 14 heavy (non-hydrogen) atoms. The van der Waals surface area contributed by atoms with Crippen LogP contribution in [0.2, 0.25) is 5.15 Å². The van der Waals surface area contributed by atoms with E-state index in [0.29, 0.717) is 17.6 Å². The Morgan fingerprint density at radius 2 is 2.57 bits per heavy atom. The number of halogens is 1. The van der Waals surface area contributed by atoms with E-state index in [1.807, 2.05) is 11.6 Å². The van der Waals surface area contributed by atoms with Crippen molar-refractivity contribution in [2.75, 3.05) is 13.2 Å². The lowest BCUT2D eigenvalue weighted by atomic mass is 10.0. The van der Waals surface area contributed by atoms with E-state index in [0.717, 1.165) is 18.9 Å². The fourth-order valence-electron chi connectivity index (χ4n) is 1.83. The van der Waals surface area contributed by atoms with E-state index in [1.54, 1.807) is 6.20 Å². The number of nitrogens with zero attached hydrogens (tertiary/aromatic N) is 2. The first-order valence-electron chi connectivity index (χ1n) is 4.73. The molecular weight excluding hydrogens is 202 g/mol. The highest BCUT2D eigenvalue weighted by Gasteiger charge is 2.31. The highest BCUT2D eigenvalue weighted by molar-refractivity contribution is 6.29. The van der Waals surface area contributed by atoms with E-state index >= 15 is 0 Å². The Morgan fingerprint density at radius 1 is 1.79 bits per heavy atom. The van der Waals surface area contributed by atoms with E-state index in [-0.39, 0.29) is 6.10 Å². The van der Waals surface area contributed by atoms with Crippen molar-refractivity contribution in [2.24, 2.45) is 18.7 Å². The summed E-state index contributed by atoms with van der Waals surface area (Å²) in [6.07, 6.45) is 2.66. The predicted molar refractivity (Wildman–Crippen MR) is 54.1 cm³/mol. The number of hydrogen-bond donors (Lipinski definition) is 1. The molecular formula is C9H14ClN3O. The zero-order chi connectivity index (χ0) is 10.1. The second-order valence-electron chi connectivity index (χ2n) is 3.57. The lowest BCUT2D eigenvalue weighted by Crippen LogP contribution is -2.20. The Bertz CT molecular complexity index is 326. The standard InChI is InChI=1S/C9H14ClN3O/c1-13-7(10)5-12-9(13)8-6(4-11)2-3-14-8/h5-6,8H,2-4,11H2,1H3. The van der Waals surface area contributed by atoms with Gasteiger partial charge in [0.1, 0.15) is 17.1 Å². The highest BCUT2D eigenvalue weighted by atomic mass is 35.5. The molecule has 1 aliphatic heterocycles. The van der Waals surface area contributed by atoms with Crippen LogP contribution < -0.4 is 5.73 Å². The van der Waals surface area contributed by atoms with Crippen molar-refractivity contribution < 1.29 is 4.74 Å². The number of imidazole rings is 1. The van der Waals surface area contributed by atoms with Gasteiger partial charge in [-0.2, -0.15) is 0 Å². The second kappa shape index (κ2) is 3.88. The number of aromatic nitrogens is 2. The summed E-state index contributed by atoms with van der Waals surface area (Å²) >= 11 is 5.91. The van der Waals surface area contributed by atoms with Crippen LogP contribution in [0, 0.1) is 5.92 Å². The molecule has 0 saturated carbocycles. The van der Waals surface area contributed by atoms with Crippen molar-refractivity contribution in [1.29, 1.82) is 0 Å². The minimum Gasteiger partial charge on any atom is -0.370 e. The Kier molecular flexibility index (Phi) is 2.76. The van der Waals surface area contributed by atoms with Gasteiger partial charge in [0.25, 0.3) is 0 Å². The van der Waals surface area contributed by atoms with E-state index in [9.17, 15) is 0 Å². The minimum absolute atomic E-state index is 0.0116. The lowest BCUT2D eigenvalue weighted by Gasteiger charge is -2.16. The monoisotopic (exact) mass is 215 g/mol. The molecule has 0 spiro atoms. The van der Waals surface area contributed by atoms with Gasteiger partial charge in [0, 0.05) is 19.6 Å². The van der Waals surface area contributed by atoms with Gasteiger partial charge in [0.05, 0.1) is 6.20 Å². The van der Waals surface area contributed by atoms with Crippen LogP contribution in [0.1, 0.15) is 18.3 Å². The molecule has 1 aromatic rings. The molecule has 2 unspecified atom stereocenters. The van der Waals surface area contributed by atoms with Crippen LogP contribution >= 0.6 is 11.6 Å². The van der Waals surface area contributed by atoms with Crippen LogP contribution in [-0.2, 0) is 11.8 Å². The summed E-state index contributed by atoms with van der Waals surface area (Å²) in [4.78, 5) is 4.25. The molecule has 0 bridgehead atoms. The van der Waals surface area contributed by atoms with Gasteiger partial charge >= 0.3 is 0 Å². The summed E-state index contributed by atoms with van der Waals surface area (Å²) in [5.41, 5.74) is 5.67. The summed E-state index contributed by atoms with van der Waals surface area (Å²) in [6, 6.07) is 0. The molecule has 2 heterocycles. The van der Waals surface area contributed by atoms with Crippen LogP contribution in [0.15, 0.2) is 6.20 Å². The van der Waals surface area contributed by atoms with Crippen molar-refractivity contribution in [1.82, 2.24) is 9.55 Å². The van der Waals surface area contributed by atoms with E-state index in [2.05, 4.69) is 4.98 Å². The van der Waals surface area contributed by atoms with Crippen molar-refractivity contribution in [3.63, 3.8) is 0 Å². The Labute approximate surface area is 88.0 Å². The quantitative estimate of drug-likeness (QED) is 0.804. The Balaban J connectivity index is 2.26. The normalized spacial score (nSPS) is 27.1. The maximum absolute atomic E-state index is 5.91. The average molecular weight is 216 g/mol. The summed E-state index contributed by atoms with van der Waals surface area (Å²) in [5, 5.41) is 0.631. The van der Waals surface area contributed by atoms with Crippen LogP contribution in [0.5, 0.6) is 0 Å². The molecule has 1 fully saturated rings. The van der Waals surface area contributed by atoms with E-state index in [4.69, 9.17) is 22.1 Å². The van der Waals surface area contributed by atoms with Gasteiger partial charge in [-0.25, -0.2) is 4.98 Å². The molecule has 2 N–H and O–H groups in total. The number of hydrogen-bond acceptors (Lipinski definition) is 3. The topological polar surface area (TPSA) is 53.1 Å². The highest BCUT2D eigenvalue weighted by Crippen LogP contribution is 2.33. The molecule has 1 aliphatic rings. The van der Waals surface area contributed by atoms with Crippen LogP contribution in [0.25, 0.3) is 0 Å². The third kappa shape index (κ3) is 1.54. The smallest absolute Gasteiger partial charge is 0.139 e. The zero-order valence-electron chi connectivity index (χ0n) is 8.11. The van der Waals surface area contributed by atoms with Crippen LogP contribution in [-0.4, -0.2) is 22.7 Å². The Morgan fingerprint density at radius 3 is 3.14 bits per heavy atom. The average Bonchev–Trinajstić information content (AvgIpc) is 2.75. The number of rotatable bonds is 2. The molecule has 0 aromatic carbocycles.